The third kappa shape index (κ3) is 3.72. The van der Waals surface area contributed by atoms with E-state index in [2.05, 4.69) is 0 Å². The lowest BCUT2D eigenvalue weighted by Crippen LogP contribution is -2.24. The number of ether oxygens (including phenoxy) is 1. The fourth-order valence-electron chi connectivity index (χ4n) is 1.83. The molecule has 2 rings (SSSR count). The van der Waals surface area contributed by atoms with Crippen LogP contribution in [0.4, 0.5) is 8.78 Å². The molecule has 1 unspecified atom stereocenters. The van der Waals surface area contributed by atoms with Crippen LogP contribution in [-0.4, -0.2) is 18.2 Å². The van der Waals surface area contributed by atoms with Crippen molar-refractivity contribution in [2.24, 2.45) is 0 Å². The van der Waals surface area contributed by atoms with Crippen molar-refractivity contribution in [1.82, 2.24) is 0 Å². The molecule has 0 saturated heterocycles. The number of halogens is 2. The van der Waals surface area contributed by atoms with Crippen LogP contribution in [0.3, 0.4) is 0 Å². The van der Waals surface area contributed by atoms with Crippen molar-refractivity contribution in [3.63, 3.8) is 0 Å². The van der Waals surface area contributed by atoms with Crippen LogP contribution >= 0.6 is 0 Å². The molecule has 0 radical (unpaired) electrons. The standard InChI is InChI=1S/C16H12F2O3/c1-10(16(20)12-2-4-13(17)5-3-12)21-15-7-11(9-19)6-14(18)8-15/h2-10H,1H3. The predicted molar refractivity (Wildman–Crippen MR) is 72.6 cm³/mol. The number of ketones is 1. The quantitative estimate of drug-likeness (QED) is 0.626. The Morgan fingerprint density at radius 3 is 2.38 bits per heavy atom. The SMILES string of the molecule is CC(Oc1cc(F)cc(C=O)c1)C(=O)c1ccc(F)cc1. The second-order valence-corrected chi connectivity index (χ2v) is 4.47. The Morgan fingerprint density at radius 2 is 1.76 bits per heavy atom. The lowest BCUT2D eigenvalue weighted by atomic mass is 10.1. The van der Waals surface area contributed by atoms with Gasteiger partial charge in [0.1, 0.15) is 23.7 Å². The van der Waals surface area contributed by atoms with E-state index < -0.39 is 17.7 Å². The van der Waals surface area contributed by atoms with E-state index in [1.165, 1.54) is 37.3 Å². The average molecular weight is 290 g/mol. The zero-order valence-electron chi connectivity index (χ0n) is 11.2. The van der Waals surface area contributed by atoms with Gasteiger partial charge in [0.2, 0.25) is 5.78 Å². The normalized spacial score (nSPS) is 11.8. The van der Waals surface area contributed by atoms with Gasteiger partial charge in [-0.25, -0.2) is 8.78 Å². The molecular formula is C16H12F2O3. The summed E-state index contributed by atoms with van der Waals surface area (Å²) in [5, 5.41) is 0. The second-order valence-electron chi connectivity index (χ2n) is 4.47. The molecule has 2 aromatic rings. The van der Waals surface area contributed by atoms with Gasteiger partial charge in [0.25, 0.3) is 0 Å². The van der Waals surface area contributed by atoms with Crippen molar-refractivity contribution >= 4 is 12.1 Å². The van der Waals surface area contributed by atoms with Gasteiger partial charge in [-0.1, -0.05) is 0 Å². The highest BCUT2D eigenvalue weighted by Gasteiger charge is 2.17. The summed E-state index contributed by atoms with van der Waals surface area (Å²) in [5.41, 5.74) is 0.405. The Morgan fingerprint density at radius 1 is 1.10 bits per heavy atom. The molecule has 0 aromatic heterocycles. The number of Topliss-reactive ketones (excluding diaryl/α,β-unsaturated/α-hetero) is 1. The molecule has 0 fully saturated rings. The van der Waals surface area contributed by atoms with Gasteiger partial charge in [-0.05, 0) is 43.3 Å². The molecule has 1 atom stereocenters. The van der Waals surface area contributed by atoms with Gasteiger partial charge in [0.15, 0.2) is 6.10 Å². The highest BCUT2D eigenvalue weighted by atomic mass is 19.1. The van der Waals surface area contributed by atoms with Crippen LogP contribution in [0.5, 0.6) is 5.75 Å². The Hall–Kier alpha value is -2.56. The molecule has 0 heterocycles. The molecular weight excluding hydrogens is 278 g/mol. The Bertz CT molecular complexity index is 666. The van der Waals surface area contributed by atoms with Gasteiger partial charge < -0.3 is 4.74 Å². The summed E-state index contributed by atoms with van der Waals surface area (Å²) in [7, 11) is 0. The first-order valence-electron chi connectivity index (χ1n) is 6.22. The monoisotopic (exact) mass is 290 g/mol. The fourth-order valence-corrected chi connectivity index (χ4v) is 1.83. The third-order valence-corrected chi connectivity index (χ3v) is 2.84. The number of rotatable bonds is 5. The smallest absolute Gasteiger partial charge is 0.202 e. The number of hydrogen-bond acceptors (Lipinski definition) is 3. The average Bonchev–Trinajstić information content (AvgIpc) is 2.46. The van der Waals surface area contributed by atoms with E-state index in [9.17, 15) is 18.4 Å². The highest BCUT2D eigenvalue weighted by molar-refractivity contribution is 5.99. The fraction of sp³-hybridized carbons (Fsp3) is 0.125. The maximum Gasteiger partial charge on any atom is 0.202 e. The lowest BCUT2D eigenvalue weighted by molar-refractivity contribution is 0.0817. The largest absolute Gasteiger partial charge is 0.482 e. The Kier molecular flexibility index (Phi) is 4.42. The van der Waals surface area contributed by atoms with Gasteiger partial charge in [-0.15, -0.1) is 0 Å². The first-order valence-corrected chi connectivity index (χ1v) is 6.22. The summed E-state index contributed by atoms with van der Waals surface area (Å²) >= 11 is 0. The molecule has 0 saturated carbocycles. The minimum atomic E-state index is -0.892. The molecule has 0 N–H and O–H groups in total. The molecule has 21 heavy (non-hydrogen) atoms. The van der Waals surface area contributed by atoms with Gasteiger partial charge >= 0.3 is 0 Å². The maximum absolute atomic E-state index is 13.3. The minimum Gasteiger partial charge on any atom is -0.482 e. The zero-order chi connectivity index (χ0) is 15.4. The maximum atomic E-state index is 13.3. The predicted octanol–water partition coefficient (Wildman–Crippen LogP) is 3.43. The molecule has 0 aliphatic carbocycles. The van der Waals surface area contributed by atoms with Crippen molar-refractivity contribution in [2.75, 3.05) is 0 Å². The van der Waals surface area contributed by atoms with Crippen molar-refractivity contribution in [2.45, 2.75) is 13.0 Å². The molecule has 2 aromatic carbocycles. The first kappa shape index (κ1) is 14.8. The molecule has 0 amide bonds. The number of hydrogen-bond donors (Lipinski definition) is 0. The molecule has 108 valence electrons. The van der Waals surface area contributed by atoms with Crippen molar-refractivity contribution in [3.05, 3.63) is 65.2 Å². The molecule has 3 nitrogen and oxygen atoms in total. The third-order valence-electron chi connectivity index (χ3n) is 2.84. The second kappa shape index (κ2) is 6.26. The van der Waals surface area contributed by atoms with Gasteiger partial charge in [-0.2, -0.15) is 0 Å². The van der Waals surface area contributed by atoms with E-state index in [1.807, 2.05) is 0 Å². The van der Waals surface area contributed by atoms with E-state index in [-0.39, 0.29) is 22.7 Å². The number of carbonyl (C=O) groups is 2. The number of aldehydes is 1. The van der Waals surface area contributed by atoms with Gasteiger partial charge in [-0.3, -0.25) is 9.59 Å². The van der Waals surface area contributed by atoms with Crippen LogP contribution in [0.15, 0.2) is 42.5 Å². The Labute approximate surface area is 120 Å². The van der Waals surface area contributed by atoms with Crippen LogP contribution in [0.2, 0.25) is 0 Å². The highest BCUT2D eigenvalue weighted by Crippen LogP contribution is 2.18. The molecule has 0 aliphatic rings. The molecule has 0 aliphatic heterocycles. The van der Waals surface area contributed by atoms with Crippen LogP contribution in [0.1, 0.15) is 27.6 Å². The van der Waals surface area contributed by atoms with Crippen molar-refractivity contribution in [1.29, 1.82) is 0 Å². The Balaban J connectivity index is 2.15. The lowest BCUT2D eigenvalue weighted by Gasteiger charge is -2.14. The summed E-state index contributed by atoms with van der Waals surface area (Å²) in [6, 6.07) is 8.53. The van der Waals surface area contributed by atoms with E-state index in [1.54, 1.807) is 0 Å². The van der Waals surface area contributed by atoms with Crippen LogP contribution in [0.25, 0.3) is 0 Å². The molecule has 0 spiro atoms. The van der Waals surface area contributed by atoms with E-state index in [0.29, 0.717) is 6.29 Å². The topological polar surface area (TPSA) is 43.4 Å². The van der Waals surface area contributed by atoms with E-state index in [0.717, 1.165) is 12.1 Å². The van der Waals surface area contributed by atoms with Crippen molar-refractivity contribution < 1.29 is 23.1 Å². The summed E-state index contributed by atoms with van der Waals surface area (Å²) in [6.45, 7) is 1.50. The van der Waals surface area contributed by atoms with E-state index in [4.69, 9.17) is 4.74 Å². The summed E-state index contributed by atoms with van der Waals surface area (Å²) in [5.74, 6) is -1.36. The van der Waals surface area contributed by atoms with Crippen LogP contribution in [0, 0.1) is 11.6 Å². The zero-order valence-corrected chi connectivity index (χ0v) is 11.2. The minimum absolute atomic E-state index is 0.0834. The van der Waals surface area contributed by atoms with E-state index >= 15 is 0 Å². The number of benzene rings is 2. The van der Waals surface area contributed by atoms with Gasteiger partial charge in [0, 0.05) is 17.2 Å². The van der Waals surface area contributed by atoms with Crippen LogP contribution in [-0.2, 0) is 0 Å². The summed E-state index contributed by atoms with van der Waals surface area (Å²) in [4.78, 5) is 22.7. The van der Waals surface area contributed by atoms with Crippen LogP contribution < -0.4 is 4.74 Å². The van der Waals surface area contributed by atoms with Gasteiger partial charge in [0.05, 0.1) is 0 Å². The summed E-state index contributed by atoms with van der Waals surface area (Å²) in [6.07, 6.45) is -0.403. The molecule has 5 heteroatoms. The van der Waals surface area contributed by atoms with Crippen molar-refractivity contribution in [3.8, 4) is 5.75 Å². The first-order chi connectivity index (χ1) is 9.99. The molecule has 0 bridgehead atoms. The summed E-state index contributed by atoms with van der Waals surface area (Å²) < 4.78 is 31.4. The number of carbonyl (C=O) groups excluding carboxylic acids is 2.